The predicted octanol–water partition coefficient (Wildman–Crippen LogP) is 2.36. The zero-order valence-electron chi connectivity index (χ0n) is 14.3. The van der Waals surface area contributed by atoms with Crippen LogP contribution in [0.3, 0.4) is 0 Å². The highest BCUT2D eigenvalue weighted by Crippen LogP contribution is 2.17. The Morgan fingerprint density at radius 1 is 1.08 bits per heavy atom. The Bertz CT molecular complexity index is 1010. The molecule has 3 rings (SSSR count). The van der Waals surface area contributed by atoms with Gasteiger partial charge in [0, 0.05) is 24.5 Å². The second-order valence-corrected chi connectivity index (χ2v) is 7.24. The first-order valence-electron chi connectivity index (χ1n) is 8.10. The van der Waals surface area contributed by atoms with Gasteiger partial charge in [-0.1, -0.05) is 25.1 Å². The number of nitrogens with two attached hydrogens (primary N) is 1. The molecule has 0 aliphatic rings. The number of hydrogen-bond donors (Lipinski definition) is 2. The van der Waals surface area contributed by atoms with Gasteiger partial charge in [0.15, 0.2) is 5.82 Å². The molecule has 26 heavy (non-hydrogen) atoms. The van der Waals surface area contributed by atoms with Crippen LogP contribution in [-0.2, 0) is 23.0 Å². The molecule has 0 spiro atoms. The van der Waals surface area contributed by atoms with Crippen molar-refractivity contribution in [2.45, 2.75) is 24.8 Å². The summed E-state index contributed by atoms with van der Waals surface area (Å²) in [6, 6.07) is 13.9. The van der Waals surface area contributed by atoms with E-state index in [1.54, 1.807) is 18.3 Å². The molecular weight excluding hydrogens is 350 g/mol. The fraction of sp³-hybridized carbons (Fsp3) is 0.167. The number of sulfonamides is 1. The van der Waals surface area contributed by atoms with Gasteiger partial charge in [0.1, 0.15) is 11.5 Å². The monoisotopic (exact) mass is 369 g/mol. The average molecular weight is 369 g/mol. The van der Waals surface area contributed by atoms with E-state index in [2.05, 4.69) is 20.3 Å². The summed E-state index contributed by atoms with van der Waals surface area (Å²) < 4.78 is 22.9. The molecule has 3 N–H and O–H groups in total. The third-order valence-corrected chi connectivity index (χ3v) is 4.65. The van der Waals surface area contributed by atoms with E-state index in [9.17, 15) is 8.42 Å². The highest BCUT2D eigenvalue weighted by molar-refractivity contribution is 7.89. The normalized spacial score (nSPS) is 11.3. The Morgan fingerprint density at radius 2 is 1.92 bits per heavy atom. The van der Waals surface area contributed by atoms with Crippen molar-refractivity contribution >= 4 is 15.8 Å². The molecule has 0 bridgehead atoms. The van der Waals surface area contributed by atoms with Crippen LogP contribution in [0.5, 0.6) is 0 Å². The lowest BCUT2D eigenvalue weighted by Gasteiger charge is -2.10. The number of primary sulfonamides is 1. The molecular formula is C18H19N5O2S. The molecule has 0 radical (unpaired) electrons. The summed E-state index contributed by atoms with van der Waals surface area (Å²) in [6.07, 6.45) is 2.46. The lowest BCUT2D eigenvalue weighted by atomic mass is 10.2. The van der Waals surface area contributed by atoms with Gasteiger partial charge in [-0.05, 0) is 36.2 Å². The van der Waals surface area contributed by atoms with Crippen molar-refractivity contribution in [2.24, 2.45) is 5.14 Å². The van der Waals surface area contributed by atoms with E-state index in [1.807, 2.05) is 37.3 Å². The minimum atomic E-state index is -3.72. The first-order chi connectivity index (χ1) is 12.5. The molecule has 134 valence electrons. The molecule has 3 aromatic rings. The second-order valence-electron chi connectivity index (χ2n) is 5.68. The van der Waals surface area contributed by atoms with Crippen molar-refractivity contribution in [2.75, 3.05) is 5.32 Å². The van der Waals surface area contributed by atoms with E-state index in [0.717, 1.165) is 17.7 Å². The van der Waals surface area contributed by atoms with Crippen LogP contribution >= 0.6 is 0 Å². The van der Waals surface area contributed by atoms with E-state index in [0.29, 0.717) is 23.9 Å². The molecule has 2 heterocycles. The highest BCUT2D eigenvalue weighted by Gasteiger charge is 2.09. The Hall–Kier alpha value is -2.84. The second kappa shape index (κ2) is 7.59. The number of hydrogen-bond acceptors (Lipinski definition) is 6. The summed E-state index contributed by atoms with van der Waals surface area (Å²) in [5.74, 6) is 1.20. The van der Waals surface area contributed by atoms with Gasteiger partial charge in [-0.25, -0.2) is 23.5 Å². The van der Waals surface area contributed by atoms with Gasteiger partial charge < -0.3 is 5.32 Å². The molecule has 1 aromatic carbocycles. The van der Waals surface area contributed by atoms with E-state index < -0.39 is 10.0 Å². The predicted molar refractivity (Wildman–Crippen MR) is 99.8 cm³/mol. The van der Waals surface area contributed by atoms with Gasteiger partial charge in [0.05, 0.1) is 4.90 Å². The van der Waals surface area contributed by atoms with Crippen LogP contribution in [0.4, 0.5) is 5.82 Å². The van der Waals surface area contributed by atoms with Crippen LogP contribution in [0, 0.1) is 0 Å². The van der Waals surface area contributed by atoms with E-state index in [1.165, 1.54) is 6.07 Å². The number of aryl methyl sites for hydroxylation is 1. The Kier molecular flexibility index (Phi) is 5.24. The van der Waals surface area contributed by atoms with E-state index in [4.69, 9.17) is 5.14 Å². The molecule has 0 saturated carbocycles. The van der Waals surface area contributed by atoms with Gasteiger partial charge in [0.25, 0.3) is 0 Å². The molecule has 0 saturated heterocycles. The van der Waals surface area contributed by atoms with Gasteiger partial charge in [-0.2, -0.15) is 0 Å². The molecule has 7 nitrogen and oxygen atoms in total. The number of nitrogens with one attached hydrogen (secondary N) is 1. The smallest absolute Gasteiger partial charge is 0.238 e. The van der Waals surface area contributed by atoms with Gasteiger partial charge >= 0.3 is 0 Å². The maximum absolute atomic E-state index is 11.5. The van der Waals surface area contributed by atoms with Crippen LogP contribution < -0.4 is 10.5 Å². The minimum Gasteiger partial charge on any atom is -0.366 e. The zero-order valence-corrected chi connectivity index (χ0v) is 15.1. The van der Waals surface area contributed by atoms with Crippen molar-refractivity contribution in [1.82, 2.24) is 15.0 Å². The highest BCUT2D eigenvalue weighted by atomic mass is 32.2. The largest absolute Gasteiger partial charge is 0.366 e. The zero-order chi connectivity index (χ0) is 18.6. The molecule has 0 aliphatic heterocycles. The lowest BCUT2D eigenvalue weighted by Crippen LogP contribution is -2.12. The maximum Gasteiger partial charge on any atom is 0.238 e. The van der Waals surface area contributed by atoms with Crippen LogP contribution in [0.1, 0.15) is 18.2 Å². The van der Waals surface area contributed by atoms with Crippen molar-refractivity contribution in [3.8, 4) is 11.5 Å². The number of pyridine rings is 1. The SMILES string of the molecule is CCc1cc(NCc2cccc(S(N)(=O)=O)c2)nc(-c2ccccn2)n1. The fourth-order valence-corrected chi connectivity index (χ4v) is 2.99. The Morgan fingerprint density at radius 3 is 2.62 bits per heavy atom. The van der Waals surface area contributed by atoms with Crippen molar-refractivity contribution in [3.63, 3.8) is 0 Å². The number of rotatable bonds is 6. The Labute approximate surface area is 152 Å². The van der Waals surface area contributed by atoms with Gasteiger partial charge in [-0.3, -0.25) is 4.98 Å². The first-order valence-corrected chi connectivity index (χ1v) is 9.65. The maximum atomic E-state index is 11.5. The summed E-state index contributed by atoms with van der Waals surface area (Å²) in [7, 11) is -3.72. The van der Waals surface area contributed by atoms with Crippen molar-refractivity contribution in [1.29, 1.82) is 0 Å². The average Bonchev–Trinajstić information content (AvgIpc) is 2.66. The van der Waals surface area contributed by atoms with E-state index in [-0.39, 0.29) is 4.90 Å². The molecule has 0 atom stereocenters. The molecule has 2 aromatic heterocycles. The van der Waals surface area contributed by atoms with Gasteiger partial charge in [-0.15, -0.1) is 0 Å². The summed E-state index contributed by atoms with van der Waals surface area (Å²) in [5, 5.41) is 8.39. The summed E-state index contributed by atoms with van der Waals surface area (Å²) >= 11 is 0. The summed E-state index contributed by atoms with van der Waals surface area (Å²) in [4.78, 5) is 13.4. The molecule has 8 heteroatoms. The van der Waals surface area contributed by atoms with Crippen LogP contribution in [0.15, 0.2) is 59.6 Å². The Balaban J connectivity index is 1.84. The van der Waals surface area contributed by atoms with E-state index >= 15 is 0 Å². The molecule has 0 amide bonds. The number of anilines is 1. The van der Waals surface area contributed by atoms with Crippen molar-refractivity contribution in [3.05, 3.63) is 66.0 Å². The third-order valence-electron chi connectivity index (χ3n) is 3.74. The minimum absolute atomic E-state index is 0.0860. The van der Waals surface area contributed by atoms with Crippen LogP contribution in [-0.4, -0.2) is 23.4 Å². The standard InChI is InChI=1S/C18H19N5O2S/c1-2-14-11-17(23-18(22-14)16-8-3-4-9-20-16)21-12-13-6-5-7-15(10-13)26(19,24)25/h3-11H,2,12H2,1H3,(H2,19,24,25)(H,21,22,23). The summed E-state index contributed by atoms with van der Waals surface area (Å²) in [5.41, 5.74) is 2.37. The number of aromatic nitrogens is 3. The van der Waals surface area contributed by atoms with Crippen LogP contribution in [0.25, 0.3) is 11.5 Å². The number of benzene rings is 1. The molecule has 0 unspecified atom stereocenters. The first kappa shape index (κ1) is 18.0. The van der Waals surface area contributed by atoms with Crippen LogP contribution in [0.2, 0.25) is 0 Å². The quantitative estimate of drug-likeness (QED) is 0.690. The molecule has 0 fully saturated rings. The topological polar surface area (TPSA) is 111 Å². The van der Waals surface area contributed by atoms with Gasteiger partial charge in [0.2, 0.25) is 10.0 Å². The van der Waals surface area contributed by atoms with Crippen molar-refractivity contribution < 1.29 is 8.42 Å². The third kappa shape index (κ3) is 4.41. The molecule has 0 aliphatic carbocycles. The lowest BCUT2D eigenvalue weighted by molar-refractivity contribution is 0.597. The number of nitrogens with zero attached hydrogens (tertiary/aromatic N) is 3. The fourth-order valence-electron chi connectivity index (χ4n) is 2.40. The summed E-state index contributed by atoms with van der Waals surface area (Å²) in [6.45, 7) is 2.43.